The van der Waals surface area contributed by atoms with Crippen molar-refractivity contribution in [1.29, 1.82) is 0 Å². The molecule has 3 heteroatoms. The molecule has 1 aliphatic heterocycles. The molecule has 2 atom stereocenters. The molecule has 2 unspecified atom stereocenters. The lowest BCUT2D eigenvalue weighted by atomic mass is 10.1. The molecule has 1 rings (SSSR count). The van der Waals surface area contributed by atoms with Crippen molar-refractivity contribution >= 4 is 6.29 Å². The van der Waals surface area contributed by atoms with Gasteiger partial charge in [0.2, 0.25) is 0 Å². The molecule has 82 valence electrons. The Labute approximate surface area is 87.1 Å². The van der Waals surface area contributed by atoms with Crippen LogP contribution in [-0.4, -0.2) is 54.9 Å². The molecular weight excluding hydrogens is 176 g/mol. The van der Waals surface area contributed by atoms with Gasteiger partial charge in [-0.1, -0.05) is 13.8 Å². The second-order valence-corrected chi connectivity index (χ2v) is 4.35. The van der Waals surface area contributed by atoms with Gasteiger partial charge in [-0.3, -0.25) is 4.90 Å². The molecule has 0 bridgehead atoms. The molecule has 0 aliphatic carbocycles. The number of nitrogens with zero attached hydrogens (tertiary/aromatic N) is 2. The number of piperazine rings is 1. The number of carbonyl (C=O) groups excluding carboxylic acids is 1. The maximum Gasteiger partial charge on any atom is 0.124 e. The van der Waals surface area contributed by atoms with Gasteiger partial charge in [-0.25, -0.2) is 0 Å². The second kappa shape index (κ2) is 5.47. The fraction of sp³-hybridized carbons (Fsp3) is 0.909. The van der Waals surface area contributed by atoms with E-state index >= 15 is 0 Å². The highest BCUT2D eigenvalue weighted by molar-refractivity contribution is 5.53. The molecule has 0 aromatic carbocycles. The Bertz CT molecular complexity index is 184. The van der Waals surface area contributed by atoms with Gasteiger partial charge in [0.1, 0.15) is 6.29 Å². The van der Waals surface area contributed by atoms with Crippen molar-refractivity contribution in [1.82, 2.24) is 9.80 Å². The Morgan fingerprint density at radius 1 is 1.50 bits per heavy atom. The van der Waals surface area contributed by atoms with Crippen molar-refractivity contribution in [2.75, 3.05) is 32.7 Å². The first-order valence-corrected chi connectivity index (χ1v) is 5.59. The summed E-state index contributed by atoms with van der Waals surface area (Å²) in [6, 6.07) is 0.589. The second-order valence-electron chi connectivity index (χ2n) is 4.35. The van der Waals surface area contributed by atoms with E-state index in [2.05, 4.69) is 23.6 Å². The van der Waals surface area contributed by atoms with E-state index in [0.717, 1.165) is 39.0 Å². The average Bonchev–Trinajstić information content (AvgIpc) is 2.20. The first-order chi connectivity index (χ1) is 6.67. The Hall–Kier alpha value is -0.410. The summed E-state index contributed by atoms with van der Waals surface area (Å²) >= 11 is 0. The summed E-state index contributed by atoms with van der Waals surface area (Å²) in [6.07, 6.45) is 1.05. The normalized spacial score (nSPS) is 27.5. The lowest BCUT2D eigenvalue weighted by Crippen LogP contribution is -2.52. The van der Waals surface area contributed by atoms with E-state index in [1.165, 1.54) is 0 Å². The van der Waals surface area contributed by atoms with Gasteiger partial charge in [0.25, 0.3) is 0 Å². The van der Waals surface area contributed by atoms with Crippen molar-refractivity contribution in [2.24, 2.45) is 5.92 Å². The summed E-state index contributed by atoms with van der Waals surface area (Å²) in [4.78, 5) is 15.5. The minimum atomic E-state index is 0.172. The van der Waals surface area contributed by atoms with Gasteiger partial charge < -0.3 is 9.69 Å². The van der Waals surface area contributed by atoms with E-state index in [9.17, 15) is 4.79 Å². The molecule has 1 saturated heterocycles. The monoisotopic (exact) mass is 198 g/mol. The Balaban J connectivity index is 2.37. The zero-order chi connectivity index (χ0) is 10.6. The first-order valence-electron chi connectivity index (χ1n) is 5.59. The van der Waals surface area contributed by atoms with E-state index < -0.39 is 0 Å². The van der Waals surface area contributed by atoms with Crippen LogP contribution in [0.5, 0.6) is 0 Å². The van der Waals surface area contributed by atoms with Gasteiger partial charge in [-0.05, 0) is 13.5 Å². The number of aldehydes is 1. The maximum absolute atomic E-state index is 10.6. The zero-order valence-electron chi connectivity index (χ0n) is 9.57. The molecule has 3 nitrogen and oxygen atoms in total. The summed E-state index contributed by atoms with van der Waals surface area (Å²) in [5, 5.41) is 0. The van der Waals surface area contributed by atoms with Gasteiger partial charge in [-0.2, -0.15) is 0 Å². The van der Waals surface area contributed by atoms with Crippen molar-refractivity contribution < 1.29 is 4.79 Å². The van der Waals surface area contributed by atoms with Crippen LogP contribution in [0.15, 0.2) is 0 Å². The SMILES string of the molecule is CCN1CCN(CC(C)C=O)C(C)C1. The molecule has 0 radical (unpaired) electrons. The van der Waals surface area contributed by atoms with Crippen molar-refractivity contribution in [3.05, 3.63) is 0 Å². The molecule has 0 spiro atoms. The van der Waals surface area contributed by atoms with Gasteiger partial charge in [0.15, 0.2) is 0 Å². The molecule has 0 N–H and O–H groups in total. The van der Waals surface area contributed by atoms with E-state index in [1.54, 1.807) is 0 Å². The van der Waals surface area contributed by atoms with E-state index in [1.807, 2.05) is 6.92 Å². The quantitative estimate of drug-likeness (QED) is 0.626. The third-order valence-corrected chi connectivity index (χ3v) is 3.05. The third-order valence-electron chi connectivity index (χ3n) is 3.05. The fourth-order valence-electron chi connectivity index (χ4n) is 2.04. The van der Waals surface area contributed by atoms with Crippen LogP contribution in [-0.2, 0) is 4.79 Å². The highest BCUT2D eigenvalue weighted by Gasteiger charge is 2.23. The van der Waals surface area contributed by atoms with Crippen LogP contribution < -0.4 is 0 Å². The van der Waals surface area contributed by atoms with Crippen molar-refractivity contribution in [2.45, 2.75) is 26.8 Å². The Morgan fingerprint density at radius 3 is 2.71 bits per heavy atom. The van der Waals surface area contributed by atoms with E-state index in [4.69, 9.17) is 0 Å². The van der Waals surface area contributed by atoms with Crippen molar-refractivity contribution in [3.8, 4) is 0 Å². The number of hydrogen-bond acceptors (Lipinski definition) is 3. The number of hydrogen-bond donors (Lipinski definition) is 0. The van der Waals surface area contributed by atoms with Crippen LogP contribution in [0.25, 0.3) is 0 Å². The molecule has 14 heavy (non-hydrogen) atoms. The number of rotatable bonds is 4. The smallest absolute Gasteiger partial charge is 0.124 e. The van der Waals surface area contributed by atoms with Gasteiger partial charge in [0.05, 0.1) is 0 Å². The molecule has 1 fully saturated rings. The Kier molecular flexibility index (Phi) is 4.55. The standard InChI is InChI=1S/C11H22N2O/c1-4-12-5-6-13(11(3)8-12)7-10(2)9-14/h9-11H,4-8H2,1-3H3. The van der Waals surface area contributed by atoms with E-state index in [-0.39, 0.29) is 5.92 Å². The maximum atomic E-state index is 10.6. The van der Waals surface area contributed by atoms with Crippen LogP contribution >= 0.6 is 0 Å². The third kappa shape index (κ3) is 3.07. The van der Waals surface area contributed by atoms with Gasteiger partial charge in [-0.15, -0.1) is 0 Å². The van der Waals surface area contributed by atoms with Crippen molar-refractivity contribution in [3.63, 3.8) is 0 Å². The van der Waals surface area contributed by atoms with Crippen LogP contribution in [0.1, 0.15) is 20.8 Å². The average molecular weight is 198 g/mol. The summed E-state index contributed by atoms with van der Waals surface area (Å²) < 4.78 is 0. The minimum Gasteiger partial charge on any atom is -0.303 e. The molecule has 0 amide bonds. The van der Waals surface area contributed by atoms with Crippen LogP contribution in [0.2, 0.25) is 0 Å². The highest BCUT2D eigenvalue weighted by Crippen LogP contribution is 2.10. The predicted octanol–water partition coefficient (Wildman–Crippen LogP) is 0.847. The molecule has 1 heterocycles. The topological polar surface area (TPSA) is 23.6 Å². The van der Waals surface area contributed by atoms with Gasteiger partial charge >= 0.3 is 0 Å². The largest absolute Gasteiger partial charge is 0.303 e. The number of likely N-dealkylation sites (N-methyl/N-ethyl adjacent to an activating group) is 1. The molecular formula is C11H22N2O. The zero-order valence-corrected chi connectivity index (χ0v) is 9.57. The predicted molar refractivity (Wildman–Crippen MR) is 58.4 cm³/mol. The van der Waals surface area contributed by atoms with Gasteiger partial charge in [0, 0.05) is 38.1 Å². The minimum absolute atomic E-state index is 0.172. The summed E-state index contributed by atoms with van der Waals surface area (Å²) in [7, 11) is 0. The molecule has 0 aromatic heterocycles. The number of carbonyl (C=O) groups is 1. The molecule has 0 saturated carbocycles. The van der Waals surface area contributed by atoms with Crippen LogP contribution in [0.4, 0.5) is 0 Å². The molecule has 1 aliphatic rings. The summed E-state index contributed by atoms with van der Waals surface area (Å²) in [6.45, 7) is 11.9. The fourth-order valence-corrected chi connectivity index (χ4v) is 2.04. The lowest BCUT2D eigenvalue weighted by molar-refractivity contribution is -0.111. The Morgan fingerprint density at radius 2 is 2.21 bits per heavy atom. The van der Waals surface area contributed by atoms with Crippen LogP contribution in [0.3, 0.4) is 0 Å². The lowest BCUT2D eigenvalue weighted by Gasteiger charge is -2.40. The summed E-state index contributed by atoms with van der Waals surface area (Å²) in [5.41, 5.74) is 0. The first kappa shape index (κ1) is 11.7. The molecule has 0 aromatic rings. The van der Waals surface area contributed by atoms with Crippen LogP contribution in [0, 0.1) is 5.92 Å². The van der Waals surface area contributed by atoms with E-state index in [0.29, 0.717) is 6.04 Å². The highest BCUT2D eigenvalue weighted by atomic mass is 16.1. The summed E-state index contributed by atoms with van der Waals surface area (Å²) in [5.74, 6) is 0.172.